The van der Waals surface area contributed by atoms with Crippen LogP contribution >= 0.6 is 11.6 Å². The monoisotopic (exact) mass is 290 g/mol. The molecule has 0 radical (unpaired) electrons. The van der Waals surface area contributed by atoms with Crippen LogP contribution in [0.3, 0.4) is 0 Å². The van der Waals surface area contributed by atoms with Crippen molar-refractivity contribution < 1.29 is 9.21 Å². The number of hydrogen-bond donors (Lipinski definition) is 2. The topological polar surface area (TPSA) is 54.3 Å². The van der Waals surface area contributed by atoms with Crippen molar-refractivity contribution >= 4 is 23.2 Å². The van der Waals surface area contributed by atoms with Gasteiger partial charge in [-0.25, -0.2) is 0 Å². The van der Waals surface area contributed by atoms with E-state index in [9.17, 15) is 4.79 Å². The van der Waals surface area contributed by atoms with E-state index in [2.05, 4.69) is 17.4 Å². The number of rotatable bonds is 4. The van der Waals surface area contributed by atoms with Crippen molar-refractivity contribution in [3.8, 4) is 0 Å². The first-order chi connectivity index (χ1) is 9.49. The van der Waals surface area contributed by atoms with Gasteiger partial charge >= 0.3 is 0 Å². The van der Waals surface area contributed by atoms with Gasteiger partial charge in [-0.2, -0.15) is 0 Å². The summed E-state index contributed by atoms with van der Waals surface area (Å²) in [5.41, 5.74) is 7.06. The fourth-order valence-electron chi connectivity index (χ4n) is 1.83. The molecule has 2 N–H and O–H groups in total. The summed E-state index contributed by atoms with van der Waals surface area (Å²) in [6.45, 7) is 7.38. The lowest BCUT2D eigenvalue weighted by Crippen LogP contribution is -2.36. The van der Waals surface area contributed by atoms with Gasteiger partial charge in [0.05, 0.1) is 11.3 Å². The molecule has 0 aliphatic carbocycles. The van der Waals surface area contributed by atoms with Gasteiger partial charge in [0.15, 0.2) is 0 Å². The molecular formula is C15H15ClN2O2. The Kier molecular flexibility index (Phi) is 4.15. The highest BCUT2D eigenvalue weighted by atomic mass is 35.5. The summed E-state index contributed by atoms with van der Waals surface area (Å²) in [7, 11) is 0. The van der Waals surface area contributed by atoms with E-state index in [1.165, 1.54) is 0 Å². The third kappa shape index (κ3) is 3.03. The molecular weight excluding hydrogens is 276 g/mol. The van der Waals surface area contributed by atoms with Crippen molar-refractivity contribution in [3.05, 3.63) is 64.6 Å². The molecule has 0 saturated carbocycles. The second-order valence-corrected chi connectivity index (χ2v) is 4.77. The molecule has 0 atom stereocenters. The van der Waals surface area contributed by atoms with E-state index in [1.54, 1.807) is 26.0 Å². The average Bonchev–Trinajstić information content (AvgIpc) is 2.75. The first-order valence-corrected chi connectivity index (χ1v) is 6.44. The highest BCUT2D eigenvalue weighted by molar-refractivity contribution is 6.32. The minimum absolute atomic E-state index is 0.285. The largest absolute Gasteiger partial charge is 0.466 e. The van der Waals surface area contributed by atoms with Crippen molar-refractivity contribution in [2.75, 3.05) is 0 Å². The van der Waals surface area contributed by atoms with Gasteiger partial charge in [0.2, 0.25) is 0 Å². The third-order valence-corrected chi connectivity index (χ3v) is 3.14. The number of hydrogen-bond acceptors (Lipinski definition) is 3. The lowest BCUT2D eigenvalue weighted by molar-refractivity contribution is 0.0941. The SMILES string of the molecule is C=C(NNC(=O)c1cc(C)oc1C)c1ccccc1Cl. The van der Waals surface area contributed by atoms with E-state index >= 15 is 0 Å². The summed E-state index contributed by atoms with van der Waals surface area (Å²) in [6.07, 6.45) is 0. The molecule has 2 aromatic rings. The summed E-state index contributed by atoms with van der Waals surface area (Å²) in [5.74, 6) is 0.982. The Bertz CT molecular complexity index is 662. The first kappa shape index (κ1) is 14.2. The van der Waals surface area contributed by atoms with Crippen LogP contribution in [0.1, 0.15) is 27.4 Å². The Labute approximate surface area is 122 Å². The maximum Gasteiger partial charge on any atom is 0.273 e. The molecule has 0 unspecified atom stereocenters. The molecule has 20 heavy (non-hydrogen) atoms. The van der Waals surface area contributed by atoms with Crippen LogP contribution < -0.4 is 10.9 Å². The van der Waals surface area contributed by atoms with Gasteiger partial charge < -0.3 is 4.42 Å². The van der Waals surface area contributed by atoms with E-state index in [-0.39, 0.29) is 5.91 Å². The molecule has 4 nitrogen and oxygen atoms in total. The van der Waals surface area contributed by atoms with Gasteiger partial charge in [0.1, 0.15) is 11.5 Å². The van der Waals surface area contributed by atoms with E-state index in [0.29, 0.717) is 27.8 Å². The number of hydrazine groups is 1. The second kappa shape index (κ2) is 5.84. The normalized spacial score (nSPS) is 10.2. The van der Waals surface area contributed by atoms with E-state index in [4.69, 9.17) is 16.0 Å². The molecule has 5 heteroatoms. The van der Waals surface area contributed by atoms with Gasteiger partial charge in [-0.15, -0.1) is 0 Å². The zero-order chi connectivity index (χ0) is 14.7. The van der Waals surface area contributed by atoms with E-state index in [0.717, 1.165) is 5.56 Å². The lowest BCUT2D eigenvalue weighted by atomic mass is 10.2. The van der Waals surface area contributed by atoms with Gasteiger partial charge in [-0.3, -0.25) is 15.6 Å². The van der Waals surface area contributed by atoms with Gasteiger partial charge in [-0.1, -0.05) is 36.4 Å². The smallest absolute Gasteiger partial charge is 0.273 e. The van der Waals surface area contributed by atoms with Crippen molar-refractivity contribution in [1.29, 1.82) is 0 Å². The highest BCUT2D eigenvalue weighted by Gasteiger charge is 2.13. The van der Waals surface area contributed by atoms with Crippen LogP contribution in [0.4, 0.5) is 0 Å². The standard InChI is InChI=1S/C15H15ClN2O2/c1-9-8-13(11(3)20-9)15(19)18-17-10(2)12-6-4-5-7-14(12)16/h4-8,17H,2H2,1,3H3,(H,18,19). The molecule has 1 amide bonds. The number of benzene rings is 1. The van der Waals surface area contributed by atoms with Crippen LogP contribution in [0.2, 0.25) is 5.02 Å². The molecule has 1 heterocycles. The maximum absolute atomic E-state index is 12.0. The summed E-state index contributed by atoms with van der Waals surface area (Å²) in [6, 6.07) is 8.94. The molecule has 0 bridgehead atoms. The summed E-state index contributed by atoms with van der Waals surface area (Å²) in [5, 5.41) is 0.564. The van der Waals surface area contributed by atoms with Crippen LogP contribution in [0, 0.1) is 13.8 Å². The third-order valence-electron chi connectivity index (χ3n) is 2.81. The molecule has 104 valence electrons. The minimum Gasteiger partial charge on any atom is -0.466 e. The number of amides is 1. The second-order valence-electron chi connectivity index (χ2n) is 4.36. The van der Waals surface area contributed by atoms with Crippen molar-refractivity contribution in [1.82, 2.24) is 10.9 Å². The Morgan fingerprint density at radius 3 is 2.50 bits per heavy atom. The Balaban J connectivity index is 2.02. The zero-order valence-corrected chi connectivity index (χ0v) is 12.0. The number of carbonyl (C=O) groups is 1. The van der Waals surface area contributed by atoms with Gasteiger partial charge in [0, 0.05) is 10.6 Å². The number of furan rings is 1. The first-order valence-electron chi connectivity index (χ1n) is 6.06. The Morgan fingerprint density at radius 2 is 1.90 bits per heavy atom. The summed E-state index contributed by atoms with van der Waals surface area (Å²) in [4.78, 5) is 12.0. The van der Waals surface area contributed by atoms with Gasteiger partial charge in [0.25, 0.3) is 5.91 Å². The molecule has 2 rings (SSSR count). The Hall–Kier alpha value is -2.20. The molecule has 0 spiro atoms. The van der Waals surface area contributed by atoms with Crippen molar-refractivity contribution in [2.24, 2.45) is 0 Å². The van der Waals surface area contributed by atoms with Crippen LogP contribution in [-0.4, -0.2) is 5.91 Å². The predicted octanol–water partition coefficient (Wildman–Crippen LogP) is 3.46. The van der Waals surface area contributed by atoms with Gasteiger partial charge in [-0.05, 0) is 26.0 Å². The summed E-state index contributed by atoms with van der Waals surface area (Å²) < 4.78 is 5.31. The molecule has 0 fully saturated rings. The fourth-order valence-corrected chi connectivity index (χ4v) is 2.08. The van der Waals surface area contributed by atoms with E-state index < -0.39 is 0 Å². The molecule has 1 aromatic carbocycles. The minimum atomic E-state index is -0.285. The fraction of sp³-hybridized carbons (Fsp3) is 0.133. The van der Waals surface area contributed by atoms with Crippen LogP contribution in [0.25, 0.3) is 5.70 Å². The van der Waals surface area contributed by atoms with E-state index in [1.807, 2.05) is 18.2 Å². The average molecular weight is 291 g/mol. The molecule has 0 saturated heterocycles. The van der Waals surface area contributed by atoms with Crippen LogP contribution in [0.15, 0.2) is 41.3 Å². The molecule has 1 aromatic heterocycles. The predicted molar refractivity (Wildman–Crippen MR) is 79.3 cm³/mol. The Morgan fingerprint density at radius 1 is 1.20 bits per heavy atom. The number of halogens is 1. The lowest BCUT2D eigenvalue weighted by Gasteiger charge is -2.12. The quantitative estimate of drug-likeness (QED) is 0.848. The van der Waals surface area contributed by atoms with Crippen LogP contribution in [-0.2, 0) is 0 Å². The van der Waals surface area contributed by atoms with Crippen molar-refractivity contribution in [2.45, 2.75) is 13.8 Å². The number of aryl methyl sites for hydroxylation is 2. The van der Waals surface area contributed by atoms with Crippen LogP contribution in [0.5, 0.6) is 0 Å². The molecule has 0 aliphatic heterocycles. The summed E-state index contributed by atoms with van der Waals surface area (Å²) >= 11 is 6.05. The number of carbonyl (C=O) groups excluding carboxylic acids is 1. The van der Waals surface area contributed by atoms with Crippen molar-refractivity contribution in [3.63, 3.8) is 0 Å². The highest BCUT2D eigenvalue weighted by Crippen LogP contribution is 2.20. The zero-order valence-electron chi connectivity index (χ0n) is 11.3. The molecule has 0 aliphatic rings. The number of nitrogens with one attached hydrogen (secondary N) is 2. The maximum atomic E-state index is 12.0.